The topological polar surface area (TPSA) is 120 Å². The van der Waals surface area contributed by atoms with Crippen LogP contribution in [0, 0.1) is 0 Å². The number of aliphatic hydroxyl groups excluding tert-OH is 3. The molecule has 0 aromatic rings. The molecule has 0 aliphatic heterocycles. The van der Waals surface area contributed by atoms with Crippen LogP contribution in [0.15, 0.2) is 24.3 Å². The summed E-state index contributed by atoms with van der Waals surface area (Å²) in [6.07, 6.45) is 44.3. The van der Waals surface area contributed by atoms with E-state index in [1.54, 1.807) is 4.90 Å². The SMILES string of the molecule is CCCCCCCC/C=C/CCCCCCCCOP(=O)(O)OCCCCCCCC/C=C/CCCCCCCC.OCCN(CCO)CCO. The molecule has 0 unspecified atom stereocenters. The zero-order valence-electron chi connectivity index (χ0n) is 33.7. The molecule has 0 heterocycles. The van der Waals surface area contributed by atoms with Gasteiger partial charge in [-0.2, -0.15) is 0 Å². The minimum absolute atomic E-state index is 0.0694. The molecule has 0 aromatic heterocycles. The van der Waals surface area contributed by atoms with Crippen LogP contribution < -0.4 is 0 Å². The lowest BCUT2D eigenvalue weighted by Gasteiger charge is -2.17. The molecule has 8 nitrogen and oxygen atoms in total. The van der Waals surface area contributed by atoms with Crippen LogP contribution in [0.1, 0.15) is 194 Å². The number of phosphoric acid groups is 1. The van der Waals surface area contributed by atoms with Crippen LogP contribution in [0.25, 0.3) is 0 Å². The maximum Gasteiger partial charge on any atom is 0.472 e. The summed E-state index contributed by atoms with van der Waals surface area (Å²) in [7, 11) is -3.89. The van der Waals surface area contributed by atoms with Crippen LogP contribution >= 0.6 is 7.82 Å². The largest absolute Gasteiger partial charge is 0.472 e. The number of phosphoric ester groups is 1. The number of hydrogen-bond donors (Lipinski definition) is 4. The van der Waals surface area contributed by atoms with Crippen LogP contribution in [0.5, 0.6) is 0 Å². The van der Waals surface area contributed by atoms with Crippen molar-refractivity contribution in [1.29, 1.82) is 0 Å². The average Bonchev–Trinajstić information content (AvgIpc) is 3.11. The van der Waals surface area contributed by atoms with Gasteiger partial charge in [0.1, 0.15) is 0 Å². The standard InChI is InChI=1S/C36H71O4P.C6H15NO3/c1-3-5-7-9-11-13-15-17-19-21-23-25-27-29-31-33-35-39-41(37,38)40-36-34-32-30-28-26-24-22-20-18-16-14-12-10-8-6-4-2;8-4-1-7(2-5-9)3-6-10/h17-20H,3-16,21-36H2,1-2H3,(H,37,38);8-10H,1-6H2/b19-17+,20-18+;. The Balaban J connectivity index is 0. The lowest BCUT2D eigenvalue weighted by atomic mass is 10.1. The molecule has 9 heteroatoms. The minimum Gasteiger partial charge on any atom is -0.395 e. The first-order valence-electron chi connectivity index (χ1n) is 21.4. The van der Waals surface area contributed by atoms with Gasteiger partial charge in [0.05, 0.1) is 33.0 Å². The molecule has 0 atom stereocenters. The van der Waals surface area contributed by atoms with E-state index < -0.39 is 7.82 Å². The predicted octanol–water partition coefficient (Wildman–Crippen LogP) is 11.5. The van der Waals surface area contributed by atoms with Gasteiger partial charge in [0.25, 0.3) is 0 Å². The van der Waals surface area contributed by atoms with Crippen molar-refractivity contribution in [2.45, 2.75) is 194 Å². The Morgan fingerprint density at radius 2 is 0.686 bits per heavy atom. The van der Waals surface area contributed by atoms with Crippen molar-refractivity contribution >= 4 is 7.82 Å². The fourth-order valence-corrected chi connectivity index (χ4v) is 6.65. The third-order valence-corrected chi connectivity index (χ3v) is 10.1. The van der Waals surface area contributed by atoms with Gasteiger partial charge in [0, 0.05) is 19.6 Å². The maximum absolute atomic E-state index is 12.0. The highest BCUT2D eigenvalue weighted by atomic mass is 31.2. The lowest BCUT2D eigenvalue weighted by Crippen LogP contribution is -2.32. The zero-order chi connectivity index (χ0) is 37.8. The molecule has 0 aliphatic rings. The van der Waals surface area contributed by atoms with Crippen molar-refractivity contribution in [1.82, 2.24) is 4.90 Å². The quantitative estimate of drug-likeness (QED) is 0.0278. The minimum atomic E-state index is -3.89. The fourth-order valence-electron chi connectivity index (χ4n) is 5.86. The van der Waals surface area contributed by atoms with Gasteiger partial charge in [-0.3, -0.25) is 13.9 Å². The normalized spacial score (nSPS) is 12.1. The summed E-state index contributed by atoms with van der Waals surface area (Å²) in [5.74, 6) is 0. The van der Waals surface area contributed by atoms with E-state index in [0.29, 0.717) is 32.8 Å². The smallest absolute Gasteiger partial charge is 0.395 e. The van der Waals surface area contributed by atoms with E-state index in [-0.39, 0.29) is 19.8 Å². The van der Waals surface area contributed by atoms with E-state index in [2.05, 4.69) is 38.2 Å². The summed E-state index contributed by atoms with van der Waals surface area (Å²) in [4.78, 5) is 11.7. The highest BCUT2D eigenvalue weighted by Crippen LogP contribution is 2.43. The van der Waals surface area contributed by atoms with Crippen LogP contribution in [0.3, 0.4) is 0 Å². The third-order valence-electron chi connectivity index (χ3n) is 9.07. The monoisotopic (exact) mass is 748 g/mol. The van der Waals surface area contributed by atoms with Gasteiger partial charge < -0.3 is 20.2 Å². The molecule has 4 N–H and O–H groups in total. The number of hydrogen-bond acceptors (Lipinski definition) is 7. The van der Waals surface area contributed by atoms with Crippen molar-refractivity contribution in [3.05, 3.63) is 24.3 Å². The molecular weight excluding hydrogens is 661 g/mol. The summed E-state index contributed by atoms with van der Waals surface area (Å²) < 4.78 is 22.3. The summed E-state index contributed by atoms with van der Waals surface area (Å²) >= 11 is 0. The Hall–Kier alpha value is -0.570. The fraction of sp³-hybridized carbons (Fsp3) is 0.905. The molecule has 0 radical (unpaired) electrons. The van der Waals surface area contributed by atoms with E-state index >= 15 is 0 Å². The second kappa shape index (κ2) is 45.6. The summed E-state index contributed by atoms with van der Waals surface area (Å²) in [6, 6.07) is 0. The molecule has 0 amide bonds. The summed E-state index contributed by atoms with van der Waals surface area (Å²) in [5.41, 5.74) is 0. The number of nitrogens with zero attached hydrogens (tertiary/aromatic N) is 1. The number of allylic oxidation sites excluding steroid dienone is 4. The van der Waals surface area contributed by atoms with Crippen molar-refractivity contribution in [3.63, 3.8) is 0 Å². The Bertz CT molecular complexity index is 690. The molecular formula is C42H86NO7P. The maximum atomic E-state index is 12.0. The first-order valence-corrected chi connectivity index (χ1v) is 22.9. The van der Waals surface area contributed by atoms with Crippen LogP contribution in [0.4, 0.5) is 0 Å². The van der Waals surface area contributed by atoms with E-state index in [1.165, 1.54) is 141 Å². The van der Waals surface area contributed by atoms with Crippen LogP contribution in [-0.4, -0.2) is 77.8 Å². The Morgan fingerprint density at radius 1 is 0.431 bits per heavy atom. The van der Waals surface area contributed by atoms with Crippen molar-refractivity contribution in [3.8, 4) is 0 Å². The number of unbranched alkanes of at least 4 members (excludes halogenated alkanes) is 24. The second-order valence-corrected chi connectivity index (χ2v) is 15.5. The highest BCUT2D eigenvalue weighted by Gasteiger charge is 2.19. The lowest BCUT2D eigenvalue weighted by molar-refractivity contribution is 0.136. The van der Waals surface area contributed by atoms with E-state index in [0.717, 1.165) is 38.5 Å². The predicted molar refractivity (Wildman–Crippen MR) is 218 cm³/mol. The molecule has 0 spiro atoms. The number of rotatable bonds is 40. The highest BCUT2D eigenvalue weighted by molar-refractivity contribution is 7.47. The Kier molecular flexibility index (Phi) is 47.0. The van der Waals surface area contributed by atoms with Gasteiger partial charge in [-0.15, -0.1) is 0 Å². The van der Waals surface area contributed by atoms with Gasteiger partial charge in [0.2, 0.25) is 0 Å². The molecule has 0 fully saturated rings. The molecule has 0 aliphatic carbocycles. The molecule has 0 bridgehead atoms. The third kappa shape index (κ3) is 47.4. The second-order valence-electron chi connectivity index (χ2n) is 14.0. The van der Waals surface area contributed by atoms with Crippen molar-refractivity contribution in [2.75, 3.05) is 52.7 Å². The first kappa shape index (κ1) is 52.5. The van der Waals surface area contributed by atoms with Crippen LogP contribution in [-0.2, 0) is 13.6 Å². The molecule has 0 aromatic carbocycles. The summed E-state index contributed by atoms with van der Waals surface area (Å²) in [6.45, 7) is 6.91. The molecule has 0 saturated heterocycles. The first-order chi connectivity index (χ1) is 25.0. The van der Waals surface area contributed by atoms with Gasteiger partial charge in [-0.1, -0.05) is 154 Å². The molecule has 306 valence electrons. The van der Waals surface area contributed by atoms with E-state index in [1.807, 2.05) is 0 Å². The van der Waals surface area contributed by atoms with Crippen LogP contribution in [0.2, 0.25) is 0 Å². The van der Waals surface area contributed by atoms with E-state index in [4.69, 9.17) is 24.4 Å². The zero-order valence-corrected chi connectivity index (χ0v) is 34.6. The summed E-state index contributed by atoms with van der Waals surface area (Å²) in [5, 5.41) is 25.5. The van der Waals surface area contributed by atoms with Gasteiger partial charge >= 0.3 is 7.82 Å². The molecule has 0 rings (SSSR count). The van der Waals surface area contributed by atoms with Gasteiger partial charge in [-0.05, 0) is 64.2 Å². The van der Waals surface area contributed by atoms with Crippen molar-refractivity contribution in [2.24, 2.45) is 0 Å². The van der Waals surface area contributed by atoms with E-state index in [9.17, 15) is 9.46 Å². The molecule has 51 heavy (non-hydrogen) atoms. The van der Waals surface area contributed by atoms with Gasteiger partial charge in [-0.25, -0.2) is 4.57 Å². The van der Waals surface area contributed by atoms with Crippen molar-refractivity contribution < 1.29 is 33.8 Å². The van der Waals surface area contributed by atoms with Gasteiger partial charge in [0.15, 0.2) is 0 Å². The Labute approximate surface area is 316 Å². The Morgan fingerprint density at radius 3 is 0.961 bits per heavy atom. The average molecular weight is 748 g/mol. The molecule has 0 saturated carbocycles. The number of aliphatic hydroxyl groups is 3.